The molecule has 5 N–H and O–H groups in total. The van der Waals surface area contributed by atoms with Crippen molar-refractivity contribution in [1.29, 1.82) is 0 Å². The van der Waals surface area contributed by atoms with Crippen LogP contribution in [0.15, 0.2) is 37.4 Å². The summed E-state index contributed by atoms with van der Waals surface area (Å²) in [6, 6.07) is 1.84. The fraction of sp³-hybridized carbons (Fsp3) is 0.464. The minimum absolute atomic E-state index is 0.156. The third-order valence-electron chi connectivity index (χ3n) is 8.51. The van der Waals surface area contributed by atoms with Crippen LogP contribution in [0.5, 0.6) is 5.75 Å². The Kier molecular flexibility index (Phi) is 7.13. The van der Waals surface area contributed by atoms with Crippen LogP contribution in [0, 0.1) is 23.7 Å². The number of rotatable bonds is 7. The van der Waals surface area contributed by atoms with Crippen LogP contribution in [0.3, 0.4) is 0 Å². The van der Waals surface area contributed by atoms with E-state index in [1.165, 1.54) is 19.0 Å². The van der Waals surface area contributed by atoms with E-state index in [-0.39, 0.29) is 11.3 Å². The molecular formula is C28H33N3O8. The second-order valence-electron chi connectivity index (χ2n) is 10.7. The van der Waals surface area contributed by atoms with E-state index in [1.54, 1.807) is 36.1 Å². The van der Waals surface area contributed by atoms with E-state index in [2.05, 4.69) is 13.2 Å². The fourth-order valence-corrected chi connectivity index (χ4v) is 6.82. The lowest BCUT2D eigenvalue weighted by molar-refractivity contribution is -0.196. The number of nitrogens with zero attached hydrogens (tertiary/aromatic N) is 2. The largest absolute Gasteiger partial charge is 0.505 e. The average Bonchev–Trinajstić information content (AvgIpc) is 2.85. The van der Waals surface area contributed by atoms with E-state index < -0.39 is 82.1 Å². The number of likely N-dealkylation sites (N-methyl/N-ethyl adjacent to an activating group) is 1. The van der Waals surface area contributed by atoms with Gasteiger partial charge in [0.1, 0.15) is 5.75 Å². The number of ketones is 4. The first kappa shape index (κ1) is 28.3. The number of anilines is 1. The summed E-state index contributed by atoms with van der Waals surface area (Å²) < 4.78 is 0. The minimum atomic E-state index is -3.03. The summed E-state index contributed by atoms with van der Waals surface area (Å²) >= 11 is 0. The van der Waals surface area contributed by atoms with Crippen molar-refractivity contribution in [3.8, 4) is 5.75 Å². The van der Waals surface area contributed by atoms with Gasteiger partial charge in [-0.1, -0.05) is 25.1 Å². The first-order valence-electron chi connectivity index (χ1n) is 12.6. The highest BCUT2D eigenvalue weighted by Crippen LogP contribution is 2.55. The van der Waals surface area contributed by atoms with Crippen LogP contribution in [-0.4, -0.2) is 94.2 Å². The molecule has 0 heterocycles. The third-order valence-corrected chi connectivity index (χ3v) is 8.51. The number of aliphatic hydroxyl groups excluding tert-OH is 1. The first-order valence-corrected chi connectivity index (χ1v) is 12.6. The van der Waals surface area contributed by atoms with Gasteiger partial charge < -0.3 is 26.0 Å². The quantitative estimate of drug-likeness (QED) is 0.263. The van der Waals surface area contributed by atoms with E-state index >= 15 is 0 Å². The maximum absolute atomic E-state index is 14.0. The predicted octanol–water partition coefficient (Wildman–Crippen LogP) is -0.423. The SMILES string of the molecule is C=CCN(CC=C)c1ccc2c(c1O)C(=O)C1C(=O)C3(O)C(=O)C(C(N)=O)C(=O)C(N(C)C)C3C(O)C1C2C. The molecule has 8 unspecified atom stereocenters. The Bertz CT molecular complexity index is 1300. The highest BCUT2D eigenvalue weighted by molar-refractivity contribution is 6.32. The summed E-state index contributed by atoms with van der Waals surface area (Å²) in [6.45, 7) is 9.70. The maximum Gasteiger partial charge on any atom is 0.235 e. The van der Waals surface area contributed by atoms with Crippen LogP contribution >= 0.6 is 0 Å². The summed E-state index contributed by atoms with van der Waals surface area (Å²) in [5.74, 6) is -13.5. The van der Waals surface area contributed by atoms with Crippen molar-refractivity contribution in [1.82, 2.24) is 4.90 Å². The number of carbonyl (C=O) groups is 5. The summed E-state index contributed by atoms with van der Waals surface area (Å²) in [4.78, 5) is 69.7. The fourth-order valence-electron chi connectivity index (χ4n) is 6.82. The number of aromatic hydroxyl groups is 1. The Hall–Kier alpha value is -3.67. The molecule has 39 heavy (non-hydrogen) atoms. The number of amides is 1. The van der Waals surface area contributed by atoms with E-state index in [0.29, 0.717) is 18.7 Å². The molecule has 208 valence electrons. The van der Waals surface area contributed by atoms with E-state index in [4.69, 9.17) is 5.73 Å². The Morgan fingerprint density at radius 1 is 1.10 bits per heavy atom. The number of hydrogen-bond donors (Lipinski definition) is 4. The zero-order valence-corrected chi connectivity index (χ0v) is 22.0. The molecule has 0 radical (unpaired) electrons. The van der Waals surface area contributed by atoms with Crippen molar-refractivity contribution in [2.75, 3.05) is 32.1 Å². The summed E-state index contributed by atoms with van der Waals surface area (Å²) in [5.41, 5.74) is 2.81. The molecule has 3 aliphatic rings. The van der Waals surface area contributed by atoms with Crippen molar-refractivity contribution in [2.24, 2.45) is 29.4 Å². The van der Waals surface area contributed by atoms with Crippen LogP contribution in [0.4, 0.5) is 5.69 Å². The number of nitrogens with two attached hydrogens (primary N) is 1. The number of benzene rings is 1. The molecular weight excluding hydrogens is 506 g/mol. The van der Waals surface area contributed by atoms with E-state index in [0.717, 1.165) is 0 Å². The number of carbonyl (C=O) groups excluding carboxylic acids is 5. The van der Waals surface area contributed by atoms with Crippen LogP contribution < -0.4 is 10.6 Å². The molecule has 2 saturated carbocycles. The smallest absolute Gasteiger partial charge is 0.235 e. The topological polar surface area (TPSA) is 179 Å². The number of Topliss-reactive ketones (excluding diaryl/α,β-unsaturated/α-hetero) is 4. The molecule has 3 aliphatic carbocycles. The number of phenolic OH excluding ortho intramolecular Hbond substituents is 1. The summed E-state index contributed by atoms with van der Waals surface area (Å²) in [7, 11) is 2.89. The average molecular weight is 540 g/mol. The number of aliphatic hydroxyl groups is 2. The van der Waals surface area contributed by atoms with Crippen LogP contribution in [0.25, 0.3) is 0 Å². The van der Waals surface area contributed by atoms with E-state index in [9.17, 15) is 39.3 Å². The molecule has 1 aromatic rings. The Labute approximate surface area is 225 Å². The van der Waals surface area contributed by atoms with Crippen molar-refractivity contribution < 1.29 is 39.3 Å². The lowest BCUT2D eigenvalue weighted by Gasteiger charge is -2.56. The number of phenols is 1. The molecule has 1 aromatic carbocycles. The van der Waals surface area contributed by atoms with E-state index in [1.807, 2.05) is 0 Å². The normalized spacial score (nSPS) is 33.7. The van der Waals surface area contributed by atoms with Crippen LogP contribution in [0.1, 0.15) is 28.8 Å². The first-order chi connectivity index (χ1) is 18.3. The molecule has 11 nitrogen and oxygen atoms in total. The zero-order chi connectivity index (χ0) is 29.1. The van der Waals surface area contributed by atoms with Crippen molar-refractivity contribution in [3.05, 3.63) is 48.6 Å². The predicted molar refractivity (Wildman–Crippen MR) is 140 cm³/mol. The standard InChI is InChI=1S/C28H33N3O8/c1-6-10-31(11-7-2)14-9-8-13-12(3)15-17(22(33)16(13)21(14)32)25(36)28(39)19(23(15)34)20(30(4)5)24(35)18(26(28)37)27(29)38/h6-9,12,15,17-20,23,32,34,39H,1-2,10-11H2,3-5H3,(H2,29,38). The van der Waals surface area contributed by atoms with Gasteiger partial charge >= 0.3 is 0 Å². The number of hydrogen-bond acceptors (Lipinski definition) is 10. The van der Waals surface area contributed by atoms with Gasteiger partial charge in [0.15, 0.2) is 34.7 Å². The molecule has 0 aliphatic heterocycles. The molecule has 0 saturated heterocycles. The van der Waals surface area contributed by atoms with Gasteiger partial charge in [-0.25, -0.2) is 0 Å². The molecule has 4 rings (SSSR count). The highest BCUT2D eigenvalue weighted by atomic mass is 16.3. The molecule has 1 amide bonds. The monoisotopic (exact) mass is 539 g/mol. The van der Waals surface area contributed by atoms with Crippen molar-refractivity contribution in [3.63, 3.8) is 0 Å². The summed E-state index contributed by atoms with van der Waals surface area (Å²) in [6.07, 6.45) is 1.54. The summed E-state index contributed by atoms with van der Waals surface area (Å²) in [5, 5.41) is 34.6. The van der Waals surface area contributed by atoms with Gasteiger partial charge in [-0.3, -0.25) is 28.9 Å². The molecule has 0 bridgehead atoms. The van der Waals surface area contributed by atoms with Crippen molar-refractivity contribution >= 4 is 34.7 Å². The molecule has 11 heteroatoms. The van der Waals surface area contributed by atoms with Gasteiger partial charge in [-0.2, -0.15) is 0 Å². The van der Waals surface area contributed by atoms with Gasteiger partial charge in [-0.15, -0.1) is 13.2 Å². The Morgan fingerprint density at radius 3 is 2.21 bits per heavy atom. The molecule has 2 fully saturated rings. The second-order valence-corrected chi connectivity index (χ2v) is 10.7. The molecule has 0 aromatic heterocycles. The van der Waals surface area contributed by atoms with Crippen molar-refractivity contribution in [2.45, 2.75) is 30.6 Å². The van der Waals surface area contributed by atoms with Gasteiger partial charge in [0, 0.05) is 19.0 Å². The Balaban J connectivity index is 1.92. The third kappa shape index (κ3) is 3.79. The highest BCUT2D eigenvalue weighted by Gasteiger charge is 2.72. The van der Waals surface area contributed by atoms with Crippen LogP contribution in [0.2, 0.25) is 0 Å². The number of primary amides is 1. The Morgan fingerprint density at radius 2 is 1.69 bits per heavy atom. The van der Waals surface area contributed by atoms with Gasteiger partial charge in [0.25, 0.3) is 0 Å². The minimum Gasteiger partial charge on any atom is -0.505 e. The van der Waals surface area contributed by atoms with Crippen LogP contribution in [-0.2, 0) is 19.2 Å². The molecule has 0 spiro atoms. The zero-order valence-electron chi connectivity index (χ0n) is 22.0. The van der Waals surface area contributed by atoms with Gasteiger partial charge in [0.2, 0.25) is 5.91 Å². The van der Waals surface area contributed by atoms with Gasteiger partial charge in [0.05, 0.1) is 35.2 Å². The second kappa shape index (κ2) is 9.82. The lowest BCUT2D eigenvalue weighted by Crippen LogP contribution is -2.77. The van der Waals surface area contributed by atoms with Gasteiger partial charge in [-0.05, 0) is 31.6 Å². The maximum atomic E-state index is 14.0. The number of fused-ring (bicyclic) bond motifs is 3. The lowest BCUT2D eigenvalue weighted by atomic mass is 9.49. The molecule has 8 atom stereocenters.